The lowest BCUT2D eigenvalue weighted by Crippen LogP contribution is -2.15. The minimum Gasteiger partial charge on any atom is -0.347 e. The molecule has 0 bridgehead atoms. The molecular weight excluding hydrogens is 232 g/mol. The number of hydrogen-bond donors (Lipinski definition) is 1. The largest absolute Gasteiger partial charge is 0.347 e. The molecule has 0 unspecified atom stereocenters. The molecule has 1 fully saturated rings. The zero-order valence-corrected chi connectivity index (χ0v) is 11.4. The fourth-order valence-corrected chi connectivity index (χ4v) is 2.41. The van der Waals surface area contributed by atoms with Crippen LogP contribution in [0.5, 0.6) is 0 Å². The molecule has 1 aromatic heterocycles. The van der Waals surface area contributed by atoms with E-state index in [1.54, 1.807) is 0 Å². The van der Waals surface area contributed by atoms with E-state index in [4.69, 9.17) is 0 Å². The van der Waals surface area contributed by atoms with Gasteiger partial charge in [0.05, 0.1) is 0 Å². The summed E-state index contributed by atoms with van der Waals surface area (Å²) in [4.78, 5) is 0. The van der Waals surface area contributed by atoms with E-state index in [1.807, 2.05) is 6.92 Å². The molecule has 0 saturated heterocycles. The quantitative estimate of drug-likeness (QED) is 0.808. The van der Waals surface area contributed by atoms with Crippen LogP contribution in [0.1, 0.15) is 31.7 Å². The Morgan fingerprint density at radius 3 is 3.00 bits per heavy atom. The number of rotatable bonds is 5. The van der Waals surface area contributed by atoms with Gasteiger partial charge < -0.3 is 9.88 Å². The highest BCUT2D eigenvalue weighted by Gasteiger charge is 2.19. The first kappa shape index (κ1) is 12.3. The van der Waals surface area contributed by atoms with Crippen molar-refractivity contribution in [2.24, 2.45) is 0 Å². The van der Waals surface area contributed by atoms with Crippen LogP contribution in [0.2, 0.25) is 0 Å². The van der Waals surface area contributed by atoms with Crippen LogP contribution in [0.15, 0.2) is 30.5 Å². The van der Waals surface area contributed by atoms with Crippen LogP contribution < -0.4 is 5.32 Å². The standard InChI is InChI=1S/C17H20N2/c1-2-3-4-10-19-11-9-15-12-14(5-8-17(15)19)13-18-16-6-7-16/h5,8-9,11-12,16,18H,4,6-7,10,13H2,1H3. The first-order valence-electron chi connectivity index (χ1n) is 7.07. The Hall–Kier alpha value is -1.72. The molecule has 2 aromatic rings. The van der Waals surface area contributed by atoms with Gasteiger partial charge in [-0.15, -0.1) is 11.8 Å². The van der Waals surface area contributed by atoms with Crippen molar-refractivity contribution in [1.82, 2.24) is 9.88 Å². The molecule has 1 saturated carbocycles. The smallest absolute Gasteiger partial charge is 0.0480 e. The van der Waals surface area contributed by atoms with Crippen molar-refractivity contribution in [3.8, 4) is 11.8 Å². The van der Waals surface area contributed by atoms with E-state index in [1.165, 1.54) is 29.3 Å². The zero-order valence-electron chi connectivity index (χ0n) is 11.4. The fourth-order valence-electron chi connectivity index (χ4n) is 2.41. The molecule has 1 N–H and O–H groups in total. The van der Waals surface area contributed by atoms with Crippen molar-refractivity contribution in [2.45, 2.75) is 45.3 Å². The number of fused-ring (bicyclic) bond motifs is 1. The number of nitrogens with one attached hydrogen (secondary N) is 1. The predicted molar refractivity (Wildman–Crippen MR) is 79.9 cm³/mol. The maximum atomic E-state index is 3.56. The molecule has 2 heteroatoms. The molecule has 2 nitrogen and oxygen atoms in total. The minimum absolute atomic E-state index is 0.771. The van der Waals surface area contributed by atoms with Gasteiger partial charge in [-0.25, -0.2) is 0 Å². The van der Waals surface area contributed by atoms with E-state index in [9.17, 15) is 0 Å². The number of aromatic nitrogens is 1. The third-order valence-corrected chi connectivity index (χ3v) is 3.66. The lowest BCUT2D eigenvalue weighted by atomic mass is 10.1. The second kappa shape index (κ2) is 5.50. The van der Waals surface area contributed by atoms with Crippen LogP contribution >= 0.6 is 0 Å². The third-order valence-electron chi connectivity index (χ3n) is 3.66. The van der Waals surface area contributed by atoms with E-state index >= 15 is 0 Å². The summed E-state index contributed by atoms with van der Waals surface area (Å²) < 4.78 is 2.29. The summed E-state index contributed by atoms with van der Waals surface area (Å²) in [5, 5.41) is 4.89. The van der Waals surface area contributed by atoms with Gasteiger partial charge in [-0.2, -0.15) is 0 Å². The van der Waals surface area contributed by atoms with Crippen molar-refractivity contribution in [1.29, 1.82) is 0 Å². The van der Waals surface area contributed by atoms with Crippen molar-refractivity contribution >= 4 is 10.9 Å². The van der Waals surface area contributed by atoms with Gasteiger partial charge in [0.25, 0.3) is 0 Å². The highest BCUT2D eigenvalue weighted by atomic mass is 15.0. The van der Waals surface area contributed by atoms with Gasteiger partial charge in [0.2, 0.25) is 0 Å². The first-order valence-corrected chi connectivity index (χ1v) is 7.07. The monoisotopic (exact) mass is 252 g/mol. The predicted octanol–water partition coefficient (Wildman–Crippen LogP) is 3.31. The second-order valence-corrected chi connectivity index (χ2v) is 5.23. The molecule has 0 spiro atoms. The molecule has 0 aliphatic heterocycles. The Labute approximate surface area is 114 Å². The molecule has 3 rings (SSSR count). The van der Waals surface area contributed by atoms with Crippen molar-refractivity contribution in [3.05, 3.63) is 36.0 Å². The maximum Gasteiger partial charge on any atom is 0.0480 e. The topological polar surface area (TPSA) is 17.0 Å². The van der Waals surface area contributed by atoms with Crippen LogP contribution in [0.3, 0.4) is 0 Å². The molecule has 0 amide bonds. The Morgan fingerprint density at radius 1 is 1.32 bits per heavy atom. The number of aryl methyl sites for hydroxylation is 1. The second-order valence-electron chi connectivity index (χ2n) is 5.23. The minimum atomic E-state index is 0.771. The summed E-state index contributed by atoms with van der Waals surface area (Å²) in [5.74, 6) is 6.07. The van der Waals surface area contributed by atoms with Crippen LogP contribution in [-0.4, -0.2) is 10.6 Å². The summed E-state index contributed by atoms with van der Waals surface area (Å²) in [5.41, 5.74) is 2.69. The third kappa shape index (κ3) is 3.00. The normalized spacial score (nSPS) is 14.4. The fraction of sp³-hybridized carbons (Fsp3) is 0.412. The Balaban J connectivity index is 1.73. The Kier molecular flexibility index (Phi) is 3.57. The van der Waals surface area contributed by atoms with Crippen LogP contribution in [0, 0.1) is 11.8 Å². The van der Waals surface area contributed by atoms with E-state index < -0.39 is 0 Å². The molecule has 98 valence electrons. The van der Waals surface area contributed by atoms with E-state index in [2.05, 4.69) is 52.2 Å². The van der Waals surface area contributed by atoms with Gasteiger partial charge >= 0.3 is 0 Å². The molecule has 1 heterocycles. The molecular formula is C17H20N2. The van der Waals surface area contributed by atoms with Gasteiger partial charge in [0, 0.05) is 37.3 Å². The Bertz CT molecular complexity index is 623. The molecule has 1 aromatic carbocycles. The van der Waals surface area contributed by atoms with Crippen LogP contribution in [0.4, 0.5) is 0 Å². The van der Waals surface area contributed by atoms with Crippen LogP contribution in [0.25, 0.3) is 10.9 Å². The lowest BCUT2D eigenvalue weighted by Gasteiger charge is -2.05. The summed E-state index contributed by atoms with van der Waals surface area (Å²) in [6.45, 7) is 3.87. The highest BCUT2D eigenvalue weighted by Crippen LogP contribution is 2.21. The zero-order chi connectivity index (χ0) is 13.1. The summed E-state index contributed by atoms with van der Waals surface area (Å²) in [7, 11) is 0. The average Bonchev–Trinajstić information content (AvgIpc) is 3.18. The van der Waals surface area contributed by atoms with Gasteiger partial charge in [-0.3, -0.25) is 0 Å². The number of nitrogens with zero attached hydrogens (tertiary/aromatic N) is 1. The van der Waals surface area contributed by atoms with E-state index in [0.29, 0.717) is 0 Å². The van der Waals surface area contributed by atoms with Gasteiger partial charge in [-0.05, 0) is 48.9 Å². The summed E-state index contributed by atoms with van der Waals surface area (Å²) >= 11 is 0. The van der Waals surface area contributed by atoms with E-state index in [-0.39, 0.29) is 0 Å². The van der Waals surface area contributed by atoms with Crippen LogP contribution in [-0.2, 0) is 13.1 Å². The number of benzene rings is 1. The van der Waals surface area contributed by atoms with Gasteiger partial charge in [0.15, 0.2) is 0 Å². The SMILES string of the molecule is CC#CCCn1ccc2cc(CNC3CC3)ccc21. The summed E-state index contributed by atoms with van der Waals surface area (Å²) in [6, 6.07) is 9.74. The number of hydrogen-bond acceptors (Lipinski definition) is 1. The van der Waals surface area contributed by atoms with E-state index in [0.717, 1.165) is 25.6 Å². The van der Waals surface area contributed by atoms with Crippen molar-refractivity contribution in [2.75, 3.05) is 0 Å². The Morgan fingerprint density at radius 2 is 2.21 bits per heavy atom. The molecule has 0 atom stereocenters. The maximum absolute atomic E-state index is 3.56. The molecule has 0 radical (unpaired) electrons. The highest BCUT2D eigenvalue weighted by molar-refractivity contribution is 5.80. The molecule has 19 heavy (non-hydrogen) atoms. The van der Waals surface area contributed by atoms with Crippen molar-refractivity contribution in [3.63, 3.8) is 0 Å². The lowest BCUT2D eigenvalue weighted by molar-refractivity contribution is 0.688. The van der Waals surface area contributed by atoms with Gasteiger partial charge in [0.1, 0.15) is 0 Å². The van der Waals surface area contributed by atoms with Gasteiger partial charge in [-0.1, -0.05) is 6.07 Å². The van der Waals surface area contributed by atoms with Crippen molar-refractivity contribution < 1.29 is 0 Å². The average molecular weight is 252 g/mol. The summed E-state index contributed by atoms with van der Waals surface area (Å²) in [6.07, 6.45) is 5.78. The molecule has 1 aliphatic rings. The molecule has 1 aliphatic carbocycles. The first-order chi connectivity index (χ1) is 9.36.